The zero-order valence-electron chi connectivity index (χ0n) is 15.4. The molecule has 1 amide bonds. The maximum atomic E-state index is 13.9. The highest BCUT2D eigenvalue weighted by Crippen LogP contribution is 2.20. The lowest BCUT2D eigenvalue weighted by atomic mass is 10.2. The SMILES string of the molecule is CSc1ccc(/C=C/C(=O)N2CCN(S(=O)(=O)c3ccccc3F)CC2)cc1. The van der Waals surface area contributed by atoms with Gasteiger partial charge in [0.2, 0.25) is 15.9 Å². The zero-order chi connectivity index (χ0) is 20.1. The Balaban J connectivity index is 1.60. The van der Waals surface area contributed by atoms with E-state index in [0.717, 1.165) is 16.5 Å². The number of carbonyl (C=O) groups excluding carboxylic acids is 1. The Labute approximate surface area is 168 Å². The fourth-order valence-corrected chi connectivity index (χ4v) is 4.83. The fraction of sp³-hybridized carbons (Fsp3) is 0.250. The summed E-state index contributed by atoms with van der Waals surface area (Å²) < 4.78 is 40.3. The highest BCUT2D eigenvalue weighted by molar-refractivity contribution is 7.98. The van der Waals surface area contributed by atoms with Gasteiger partial charge < -0.3 is 4.90 Å². The number of rotatable bonds is 5. The van der Waals surface area contributed by atoms with Gasteiger partial charge in [-0.2, -0.15) is 4.31 Å². The molecule has 1 aliphatic rings. The van der Waals surface area contributed by atoms with Gasteiger partial charge in [-0.1, -0.05) is 24.3 Å². The Hall–Kier alpha value is -2.16. The van der Waals surface area contributed by atoms with Crippen molar-refractivity contribution >= 4 is 33.8 Å². The summed E-state index contributed by atoms with van der Waals surface area (Å²) in [6.45, 7) is 0.807. The van der Waals surface area contributed by atoms with Gasteiger partial charge >= 0.3 is 0 Å². The van der Waals surface area contributed by atoms with Crippen LogP contribution in [-0.4, -0.2) is 56.0 Å². The van der Waals surface area contributed by atoms with Gasteiger partial charge in [0.15, 0.2) is 0 Å². The molecule has 0 radical (unpaired) electrons. The largest absolute Gasteiger partial charge is 0.337 e. The summed E-state index contributed by atoms with van der Waals surface area (Å²) in [7, 11) is -3.90. The topological polar surface area (TPSA) is 57.7 Å². The van der Waals surface area contributed by atoms with E-state index in [4.69, 9.17) is 0 Å². The number of sulfonamides is 1. The molecule has 1 aliphatic heterocycles. The molecule has 3 rings (SSSR count). The predicted molar refractivity (Wildman–Crippen MR) is 109 cm³/mol. The number of halogens is 1. The highest BCUT2D eigenvalue weighted by atomic mass is 32.2. The average Bonchev–Trinajstić information content (AvgIpc) is 2.72. The molecule has 28 heavy (non-hydrogen) atoms. The number of hydrogen-bond donors (Lipinski definition) is 0. The normalized spacial score (nSPS) is 15.9. The lowest BCUT2D eigenvalue weighted by Gasteiger charge is -2.33. The quantitative estimate of drug-likeness (QED) is 0.551. The molecule has 8 heteroatoms. The summed E-state index contributed by atoms with van der Waals surface area (Å²) in [5.41, 5.74) is 0.923. The molecule has 0 atom stereocenters. The van der Waals surface area contributed by atoms with Crippen molar-refractivity contribution < 1.29 is 17.6 Å². The first-order valence-corrected chi connectivity index (χ1v) is 11.4. The summed E-state index contributed by atoms with van der Waals surface area (Å²) in [6.07, 6.45) is 5.24. The molecule has 148 valence electrons. The van der Waals surface area contributed by atoms with Crippen molar-refractivity contribution in [2.24, 2.45) is 0 Å². The van der Waals surface area contributed by atoms with E-state index in [9.17, 15) is 17.6 Å². The van der Waals surface area contributed by atoms with Crippen LogP contribution in [0.1, 0.15) is 5.56 Å². The van der Waals surface area contributed by atoms with Crippen LogP contribution in [0.2, 0.25) is 0 Å². The van der Waals surface area contributed by atoms with Crippen molar-refractivity contribution in [3.8, 4) is 0 Å². The van der Waals surface area contributed by atoms with Crippen molar-refractivity contribution in [2.45, 2.75) is 9.79 Å². The molecule has 0 N–H and O–H groups in total. The smallest absolute Gasteiger partial charge is 0.246 e. The number of carbonyl (C=O) groups is 1. The number of benzene rings is 2. The third-order valence-electron chi connectivity index (χ3n) is 4.54. The van der Waals surface area contributed by atoms with Crippen LogP contribution < -0.4 is 0 Å². The highest BCUT2D eigenvalue weighted by Gasteiger charge is 2.31. The minimum Gasteiger partial charge on any atom is -0.337 e. The molecule has 2 aromatic carbocycles. The second kappa shape index (κ2) is 8.89. The van der Waals surface area contributed by atoms with Crippen LogP contribution in [0.3, 0.4) is 0 Å². The Morgan fingerprint density at radius 2 is 1.68 bits per heavy atom. The maximum absolute atomic E-state index is 13.9. The first-order valence-electron chi connectivity index (χ1n) is 8.77. The zero-order valence-corrected chi connectivity index (χ0v) is 17.0. The summed E-state index contributed by atoms with van der Waals surface area (Å²) in [4.78, 5) is 14.8. The first kappa shape index (κ1) is 20.6. The Morgan fingerprint density at radius 1 is 1.04 bits per heavy atom. The first-order chi connectivity index (χ1) is 13.4. The number of piperazine rings is 1. The van der Waals surface area contributed by atoms with E-state index in [1.54, 1.807) is 22.7 Å². The molecular weight excluding hydrogens is 399 g/mol. The number of hydrogen-bond acceptors (Lipinski definition) is 4. The lowest BCUT2D eigenvalue weighted by Crippen LogP contribution is -2.50. The molecule has 0 unspecified atom stereocenters. The molecule has 0 spiro atoms. The standard InChI is InChI=1S/C20H21FN2O3S2/c1-27-17-9-6-16(7-10-17)8-11-20(24)22-12-14-23(15-13-22)28(25,26)19-5-3-2-4-18(19)21/h2-11H,12-15H2,1H3/b11-8+. The van der Waals surface area contributed by atoms with Gasteiger partial charge in [-0.05, 0) is 42.2 Å². The van der Waals surface area contributed by atoms with Gasteiger partial charge in [0.1, 0.15) is 10.7 Å². The van der Waals surface area contributed by atoms with Crippen LogP contribution in [0.4, 0.5) is 4.39 Å². The third kappa shape index (κ3) is 4.63. The molecular formula is C20H21FN2O3S2. The monoisotopic (exact) mass is 420 g/mol. The summed E-state index contributed by atoms with van der Waals surface area (Å²) in [6, 6.07) is 13.2. The summed E-state index contributed by atoms with van der Waals surface area (Å²) >= 11 is 1.65. The van der Waals surface area contributed by atoms with Crippen LogP contribution in [0.15, 0.2) is 64.4 Å². The van der Waals surface area contributed by atoms with Crippen LogP contribution in [0.5, 0.6) is 0 Å². The van der Waals surface area contributed by atoms with Gasteiger partial charge in [-0.3, -0.25) is 4.79 Å². The van der Waals surface area contributed by atoms with E-state index < -0.39 is 15.8 Å². The Bertz CT molecular complexity index is 967. The average molecular weight is 421 g/mol. The molecule has 0 aromatic heterocycles. The van der Waals surface area contributed by atoms with E-state index in [0.29, 0.717) is 0 Å². The van der Waals surface area contributed by atoms with E-state index in [1.807, 2.05) is 30.5 Å². The third-order valence-corrected chi connectivity index (χ3v) is 7.21. The molecule has 1 heterocycles. The van der Waals surface area contributed by atoms with E-state index in [-0.39, 0.29) is 37.0 Å². The molecule has 0 saturated carbocycles. The van der Waals surface area contributed by atoms with Gasteiger partial charge in [0.25, 0.3) is 0 Å². The van der Waals surface area contributed by atoms with Crippen molar-refractivity contribution in [2.75, 3.05) is 32.4 Å². The van der Waals surface area contributed by atoms with Crippen LogP contribution in [0.25, 0.3) is 6.08 Å². The fourth-order valence-electron chi connectivity index (χ4n) is 2.93. The molecule has 0 bridgehead atoms. The van der Waals surface area contributed by atoms with Gasteiger partial charge in [0, 0.05) is 37.2 Å². The minimum atomic E-state index is -3.90. The number of amides is 1. The van der Waals surface area contributed by atoms with Crippen molar-refractivity contribution in [3.05, 3.63) is 66.0 Å². The molecule has 5 nitrogen and oxygen atoms in total. The number of thioether (sulfide) groups is 1. The van der Waals surface area contributed by atoms with Crippen molar-refractivity contribution in [3.63, 3.8) is 0 Å². The van der Waals surface area contributed by atoms with E-state index in [1.165, 1.54) is 28.6 Å². The second-order valence-electron chi connectivity index (χ2n) is 6.27. The van der Waals surface area contributed by atoms with Gasteiger partial charge in [-0.25, -0.2) is 12.8 Å². The van der Waals surface area contributed by atoms with Gasteiger partial charge in [-0.15, -0.1) is 11.8 Å². The van der Waals surface area contributed by atoms with Gasteiger partial charge in [0.05, 0.1) is 0 Å². The Morgan fingerprint density at radius 3 is 2.29 bits per heavy atom. The lowest BCUT2D eigenvalue weighted by molar-refractivity contribution is -0.127. The van der Waals surface area contributed by atoms with Crippen LogP contribution in [-0.2, 0) is 14.8 Å². The molecule has 1 saturated heterocycles. The van der Waals surface area contributed by atoms with E-state index >= 15 is 0 Å². The predicted octanol–water partition coefficient (Wildman–Crippen LogP) is 3.09. The molecule has 2 aromatic rings. The Kier molecular flexibility index (Phi) is 6.53. The minimum absolute atomic E-state index is 0.138. The molecule has 0 aliphatic carbocycles. The van der Waals surface area contributed by atoms with Crippen LogP contribution in [0, 0.1) is 5.82 Å². The number of nitrogens with zero attached hydrogens (tertiary/aromatic N) is 2. The molecule has 1 fully saturated rings. The maximum Gasteiger partial charge on any atom is 0.246 e. The van der Waals surface area contributed by atoms with Crippen LogP contribution >= 0.6 is 11.8 Å². The van der Waals surface area contributed by atoms with Crippen molar-refractivity contribution in [1.29, 1.82) is 0 Å². The summed E-state index contributed by atoms with van der Waals surface area (Å²) in [5.74, 6) is -0.937. The van der Waals surface area contributed by atoms with E-state index in [2.05, 4.69) is 0 Å². The summed E-state index contributed by atoms with van der Waals surface area (Å²) in [5, 5.41) is 0. The second-order valence-corrected chi connectivity index (χ2v) is 9.05. The van der Waals surface area contributed by atoms with Crippen molar-refractivity contribution in [1.82, 2.24) is 9.21 Å².